The van der Waals surface area contributed by atoms with Crippen molar-refractivity contribution in [1.82, 2.24) is 0 Å². The maximum Gasteiger partial charge on any atom is 0.108 e. The summed E-state index contributed by atoms with van der Waals surface area (Å²) in [6.07, 6.45) is 0.973. The van der Waals surface area contributed by atoms with Gasteiger partial charge in [-0.2, -0.15) is 0 Å². The first-order chi connectivity index (χ1) is 4.86. The minimum atomic E-state index is -0.136. The second-order valence-electron chi connectivity index (χ2n) is 2.49. The zero-order valence-corrected chi connectivity index (χ0v) is 6.21. The molecule has 0 spiro atoms. The van der Waals surface area contributed by atoms with Crippen molar-refractivity contribution in [2.75, 3.05) is 19.8 Å². The van der Waals surface area contributed by atoms with E-state index >= 15 is 0 Å². The van der Waals surface area contributed by atoms with Gasteiger partial charge in [-0.05, 0) is 6.42 Å². The van der Waals surface area contributed by atoms with Crippen molar-refractivity contribution in [3.8, 4) is 0 Å². The van der Waals surface area contributed by atoms with Gasteiger partial charge in [-0.1, -0.05) is 6.92 Å². The lowest BCUT2D eigenvalue weighted by Gasteiger charge is -2.09. The normalized spacial score (nSPS) is 26.4. The maximum absolute atomic E-state index is 10.3. The lowest BCUT2D eigenvalue weighted by molar-refractivity contribution is -0.0158. The van der Waals surface area contributed by atoms with Crippen LogP contribution in [-0.4, -0.2) is 32.0 Å². The first kappa shape index (κ1) is 7.98. The van der Waals surface area contributed by atoms with Crippen LogP contribution in [0.1, 0.15) is 13.3 Å². The van der Waals surface area contributed by atoms with E-state index in [1.165, 1.54) is 0 Å². The molecule has 2 unspecified atom stereocenters. The highest BCUT2D eigenvalue weighted by Gasteiger charge is 2.23. The molecule has 1 saturated heterocycles. The van der Waals surface area contributed by atoms with Crippen LogP contribution in [0.4, 0.5) is 0 Å². The van der Waals surface area contributed by atoms with E-state index < -0.39 is 0 Å². The molecule has 3 heteroatoms. The van der Waals surface area contributed by atoms with E-state index in [2.05, 4.69) is 0 Å². The zero-order chi connectivity index (χ0) is 7.40. The second-order valence-corrected chi connectivity index (χ2v) is 2.49. The number of hydrogen-bond donors (Lipinski definition) is 0. The minimum absolute atomic E-state index is 0.107. The van der Waals surface area contributed by atoms with Crippen LogP contribution in [-0.2, 0) is 14.6 Å². The Bertz CT molecular complexity index is 86.9. The summed E-state index contributed by atoms with van der Waals surface area (Å²) >= 11 is 0. The molecule has 0 aromatic carbocycles. The van der Waals surface area contributed by atoms with Gasteiger partial charge in [0.1, 0.15) is 12.7 Å². The third-order valence-corrected chi connectivity index (χ3v) is 1.56. The van der Waals surface area contributed by atoms with Gasteiger partial charge in [0.15, 0.2) is 0 Å². The molecule has 1 aliphatic heterocycles. The minimum Gasteiger partial charge on any atom is -0.373 e. The molecular formula is C7H13O3. The van der Waals surface area contributed by atoms with Gasteiger partial charge in [-0.3, -0.25) is 0 Å². The van der Waals surface area contributed by atoms with Gasteiger partial charge in [-0.25, -0.2) is 5.11 Å². The highest BCUT2D eigenvalue weighted by atomic mass is 16.6. The van der Waals surface area contributed by atoms with Gasteiger partial charge in [0.25, 0.3) is 0 Å². The van der Waals surface area contributed by atoms with Crippen LogP contribution in [0.15, 0.2) is 0 Å². The van der Waals surface area contributed by atoms with Gasteiger partial charge < -0.3 is 9.47 Å². The van der Waals surface area contributed by atoms with Crippen LogP contribution in [0.5, 0.6) is 0 Å². The largest absolute Gasteiger partial charge is 0.373 e. The van der Waals surface area contributed by atoms with Gasteiger partial charge in [0.05, 0.1) is 19.3 Å². The molecule has 0 aromatic heterocycles. The van der Waals surface area contributed by atoms with E-state index in [1.807, 2.05) is 6.92 Å². The van der Waals surface area contributed by atoms with Crippen molar-refractivity contribution in [2.24, 2.45) is 0 Å². The molecule has 3 nitrogen and oxygen atoms in total. The molecule has 1 radical (unpaired) electrons. The molecule has 1 fully saturated rings. The van der Waals surface area contributed by atoms with Gasteiger partial charge >= 0.3 is 0 Å². The lowest BCUT2D eigenvalue weighted by atomic mass is 10.3. The monoisotopic (exact) mass is 145 g/mol. The Kier molecular flexibility index (Phi) is 3.12. The molecule has 0 N–H and O–H groups in total. The molecule has 59 valence electrons. The summed E-state index contributed by atoms with van der Waals surface area (Å²) in [4.78, 5) is 0. The van der Waals surface area contributed by atoms with Crippen molar-refractivity contribution in [1.29, 1.82) is 0 Å². The van der Waals surface area contributed by atoms with Crippen molar-refractivity contribution in [3.63, 3.8) is 0 Å². The molecule has 1 heterocycles. The third kappa shape index (κ3) is 2.64. The Morgan fingerprint density at radius 3 is 2.90 bits per heavy atom. The summed E-state index contributed by atoms with van der Waals surface area (Å²) in [7, 11) is 0. The van der Waals surface area contributed by atoms with E-state index in [0.717, 1.165) is 13.0 Å². The Morgan fingerprint density at radius 1 is 1.80 bits per heavy atom. The number of ether oxygens (including phenoxy) is 2. The van der Waals surface area contributed by atoms with E-state index in [1.54, 1.807) is 0 Å². The first-order valence-corrected chi connectivity index (χ1v) is 3.68. The number of hydrogen-bond acceptors (Lipinski definition) is 2. The summed E-state index contributed by atoms with van der Waals surface area (Å²) in [5.41, 5.74) is 0. The Morgan fingerprint density at radius 2 is 2.50 bits per heavy atom. The molecule has 0 aliphatic carbocycles. The summed E-state index contributed by atoms with van der Waals surface area (Å²) in [6, 6.07) is 0. The molecule has 1 rings (SSSR count). The molecule has 10 heavy (non-hydrogen) atoms. The molecule has 1 aliphatic rings. The topological polar surface area (TPSA) is 41.7 Å². The van der Waals surface area contributed by atoms with Crippen LogP contribution < -0.4 is 0 Å². The third-order valence-electron chi connectivity index (χ3n) is 1.56. The predicted molar refractivity (Wildman–Crippen MR) is 35.3 cm³/mol. The SMILES string of the molecule is CCC(C[O])OCC1CO1. The summed E-state index contributed by atoms with van der Waals surface area (Å²) in [5, 5.41) is 10.3. The fraction of sp³-hybridized carbons (Fsp3) is 1.00. The standard InChI is InChI=1S/C7H13O3/c1-2-6(3-8)9-4-7-5-10-7/h6-7H,2-5H2,1H3. The van der Waals surface area contributed by atoms with Crippen molar-refractivity contribution in [2.45, 2.75) is 25.6 Å². The van der Waals surface area contributed by atoms with Crippen molar-refractivity contribution >= 4 is 0 Å². The Labute approximate surface area is 60.9 Å². The average molecular weight is 145 g/mol. The van der Waals surface area contributed by atoms with Crippen molar-refractivity contribution < 1.29 is 14.6 Å². The second kappa shape index (κ2) is 3.91. The first-order valence-electron chi connectivity index (χ1n) is 3.68. The van der Waals surface area contributed by atoms with E-state index in [4.69, 9.17) is 9.47 Å². The Balaban J connectivity index is 1.97. The average Bonchev–Trinajstić information content (AvgIpc) is 2.74. The smallest absolute Gasteiger partial charge is 0.108 e. The Hall–Kier alpha value is -0.120. The van der Waals surface area contributed by atoms with Crippen LogP contribution in [0, 0.1) is 0 Å². The zero-order valence-electron chi connectivity index (χ0n) is 6.21. The van der Waals surface area contributed by atoms with Gasteiger partial charge in [0.2, 0.25) is 0 Å². The van der Waals surface area contributed by atoms with E-state index in [0.29, 0.717) is 6.61 Å². The van der Waals surface area contributed by atoms with Crippen LogP contribution in [0.25, 0.3) is 0 Å². The fourth-order valence-corrected chi connectivity index (χ4v) is 0.691. The van der Waals surface area contributed by atoms with E-state index in [9.17, 15) is 5.11 Å². The number of rotatable bonds is 5. The quantitative estimate of drug-likeness (QED) is 0.532. The van der Waals surface area contributed by atoms with Crippen molar-refractivity contribution in [3.05, 3.63) is 0 Å². The predicted octanol–water partition coefficient (Wildman–Crippen LogP) is 0.611. The summed E-state index contributed by atoms with van der Waals surface area (Å²) < 4.78 is 10.1. The highest BCUT2D eigenvalue weighted by molar-refractivity contribution is 4.68. The summed E-state index contributed by atoms with van der Waals surface area (Å²) in [5.74, 6) is 0. The van der Waals surface area contributed by atoms with Crippen LogP contribution >= 0.6 is 0 Å². The lowest BCUT2D eigenvalue weighted by Crippen LogP contribution is -2.18. The molecule has 0 amide bonds. The molecule has 0 aromatic rings. The van der Waals surface area contributed by atoms with E-state index in [-0.39, 0.29) is 18.8 Å². The van der Waals surface area contributed by atoms with Gasteiger partial charge in [-0.15, -0.1) is 0 Å². The molecule has 2 atom stereocenters. The van der Waals surface area contributed by atoms with Gasteiger partial charge in [0, 0.05) is 0 Å². The molecule has 0 bridgehead atoms. The highest BCUT2D eigenvalue weighted by Crippen LogP contribution is 2.10. The number of epoxide rings is 1. The maximum atomic E-state index is 10.3. The molecular weight excluding hydrogens is 132 g/mol. The van der Waals surface area contributed by atoms with Crippen LogP contribution in [0.2, 0.25) is 0 Å². The summed E-state index contributed by atoms with van der Waals surface area (Å²) in [6.45, 7) is 3.22. The van der Waals surface area contributed by atoms with Crippen LogP contribution in [0.3, 0.4) is 0 Å². The fourth-order valence-electron chi connectivity index (χ4n) is 0.691. The molecule has 0 saturated carbocycles.